The normalized spacial score (nSPS) is 12.8. The highest BCUT2D eigenvalue weighted by atomic mass is 16.1. The summed E-state index contributed by atoms with van der Waals surface area (Å²) in [7, 11) is 0. The number of amides is 1. The lowest BCUT2D eigenvalue weighted by Crippen LogP contribution is -1.74. The van der Waals surface area contributed by atoms with Gasteiger partial charge in [0.15, 0.2) is 0 Å². The minimum Gasteiger partial charge on any atom is -0.412 e. The molecule has 0 unspecified atom stereocenters. The SMILES string of the molecule is O.O.O=C1C=CN=N1. The van der Waals surface area contributed by atoms with Crippen molar-refractivity contribution in [3.63, 3.8) is 0 Å². The molecule has 5 nitrogen and oxygen atoms in total. The zero-order chi connectivity index (χ0) is 4.41. The van der Waals surface area contributed by atoms with Gasteiger partial charge in [-0.1, -0.05) is 0 Å². The first-order valence-electron chi connectivity index (χ1n) is 1.51. The van der Waals surface area contributed by atoms with Crippen LogP contribution in [0.15, 0.2) is 22.5 Å². The van der Waals surface area contributed by atoms with Crippen molar-refractivity contribution in [2.45, 2.75) is 0 Å². The molecule has 0 spiro atoms. The number of nitrogens with zero attached hydrogens (tertiary/aromatic N) is 2. The summed E-state index contributed by atoms with van der Waals surface area (Å²) in [4.78, 5) is 9.90. The highest BCUT2D eigenvalue weighted by molar-refractivity contribution is 5.89. The monoisotopic (exact) mass is 118 g/mol. The zero-order valence-electron chi connectivity index (χ0n) is 3.96. The molecule has 0 aromatic carbocycles. The van der Waals surface area contributed by atoms with Gasteiger partial charge in [0.2, 0.25) is 0 Å². The van der Waals surface area contributed by atoms with Crippen LogP contribution in [0.2, 0.25) is 0 Å². The molecule has 1 amide bonds. The van der Waals surface area contributed by atoms with Crippen molar-refractivity contribution in [2.75, 3.05) is 0 Å². The Bertz CT molecular complexity index is 114. The fourth-order valence-electron chi connectivity index (χ4n) is 0.221. The van der Waals surface area contributed by atoms with Gasteiger partial charge in [-0.2, -0.15) is 5.11 Å². The summed E-state index contributed by atoms with van der Waals surface area (Å²) in [5.74, 6) is -0.269. The van der Waals surface area contributed by atoms with Crippen molar-refractivity contribution in [2.24, 2.45) is 10.2 Å². The van der Waals surface area contributed by atoms with Gasteiger partial charge in [-0.25, -0.2) is 0 Å². The van der Waals surface area contributed by atoms with E-state index in [1.807, 2.05) is 0 Å². The van der Waals surface area contributed by atoms with E-state index in [4.69, 9.17) is 0 Å². The van der Waals surface area contributed by atoms with Gasteiger partial charge in [0.25, 0.3) is 5.91 Å². The van der Waals surface area contributed by atoms with E-state index in [2.05, 4.69) is 10.2 Å². The third kappa shape index (κ3) is 2.17. The quantitative estimate of drug-likeness (QED) is 0.393. The Hall–Kier alpha value is -1.07. The molecule has 5 heteroatoms. The van der Waals surface area contributed by atoms with Crippen LogP contribution in [-0.4, -0.2) is 16.9 Å². The summed E-state index contributed by atoms with van der Waals surface area (Å²) < 4.78 is 0. The smallest absolute Gasteiger partial charge is 0.289 e. The van der Waals surface area contributed by atoms with E-state index in [0.29, 0.717) is 0 Å². The first-order valence-corrected chi connectivity index (χ1v) is 1.51. The lowest BCUT2D eigenvalue weighted by atomic mass is 10.6. The summed E-state index contributed by atoms with van der Waals surface area (Å²) in [6.07, 6.45) is 2.67. The second-order valence-corrected chi connectivity index (χ2v) is 0.869. The summed E-state index contributed by atoms with van der Waals surface area (Å²) in [6, 6.07) is 0. The van der Waals surface area contributed by atoms with Crippen LogP contribution >= 0.6 is 0 Å². The number of hydrogen-bond acceptors (Lipinski definition) is 2. The third-order valence-electron chi connectivity index (χ3n) is 0.440. The molecule has 0 aliphatic carbocycles. The average Bonchev–Trinajstić information content (AvgIpc) is 1.86. The second kappa shape index (κ2) is 4.10. The fraction of sp³-hybridized carbons (Fsp3) is 0. The molecule has 1 heterocycles. The van der Waals surface area contributed by atoms with Crippen LogP contribution in [0.3, 0.4) is 0 Å². The molecule has 4 N–H and O–H groups in total. The third-order valence-corrected chi connectivity index (χ3v) is 0.440. The summed E-state index contributed by atoms with van der Waals surface area (Å²) in [5, 5.41) is 6.37. The van der Waals surface area contributed by atoms with Crippen molar-refractivity contribution in [1.82, 2.24) is 0 Å². The van der Waals surface area contributed by atoms with Crippen molar-refractivity contribution < 1.29 is 15.7 Å². The molecule has 1 aliphatic heterocycles. The fourth-order valence-corrected chi connectivity index (χ4v) is 0.221. The maximum atomic E-state index is 9.90. The topological polar surface area (TPSA) is 105 Å². The average molecular weight is 118 g/mol. The second-order valence-electron chi connectivity index (χ2n) is 0.869. The van der Waals surface area contributed by atoms with Gasteiger partial charge in [-0.3, -0.25) is 4.79 Å². The summed E-state index contributed by atoms with van der Waals surface area (Å²) in [5.41, 5.74) is 0. The Balaban J connectivity index is 0. The van der Waals surface area contributed by atoms with Crippen molar-refractivity contribution in [3.05, 3.63) is 12.3 Å². The van der Waals surface area contributed by atoms with E-state index < -0.39 is 0 Å². The van der Waals surface area contributed by atoms with Crippen LogP contribution in [-0.2, 0) is 4.79 Å². The van der Waals surface area contributed by atoms with Gasteiger partial charge in [-0.15, -0.1) is 5.11 Å². The van der Waals surface area contributed by atoms with E-state index in [1.54, 1.807) is 0 Å². The molecule has 0 atom stereocenters. The van der Waals surface area contributed by atoms with Crippen molar-refractivity contribution in [3.8, 4) is 0 Å². The van der Waals surface area contributed by atoms with Gasteiger partial charge < -0.3 is 11.0 Å². The molecule has 46 valence electrons. The predicted molar refractivity (Wildman–Crippen MR) is 26.2 cm³/mol. The van der Waals surface area contributed by atoms with Crippen LogP contribution in [0.1, 0.15) is 0 Å². The van der Waals surface area contributed by atoms with Crippen LogP contribution in [0, 0.1) is 0 Å². The maximum Gasteiger partial charge on any atom is 0.289 e. The minimum atomic E-state index is -0.269. The zero-order valence-corrected chi connectivity index (χ0v) is 3.96. The minimum absolute atomic E-state index is 0. The van der Waals surface area contributed by atoms with Crippen LogP contribution in [0.4, 0.5) is 0 Å². The molecule has 0 saturated carbocycles. The van der Waals surface area contributed by atoms with Gasteiger partial charge in [0.05, 0.1) is 6.20 Å². The van der Waals surface area contributed by atoms with Gasteiger partial charge in [0.1, 0.15) is 0 Å². The molecule has 0 radical (unpaired) electrons. The lowest BCUT2D eigenvalue weighted by Gasteiger charge is -1.59. The van der Waals surface area contributed by atoms with E-state index in [0.717, 1.165) is 0 Å². The van der Waals surface area contributed by atoms with Gasteiger partial charge >= 0.3 is 0 Å². The predicted octanol–water partition coefficient (Wildman–Crippen LogP) is -1.16. The largest absolute Gasteiger partial charge is 0.412 e. The molecule has 0 aromatic heterocycles. The number of carbonyl (C=O) groups is 1. The Morgan fingerprint density at radius 1 is 1.38 bits per heavy atom. The van der Waals surface area contributed by atoms with Crippen LogP contribution < -0.4 is 0 Å². The van der Waals surface area contributed by atoms with E-state index in [9.17, 15) is 4.79 Å². The van der Waals surface area contributed by atoms with E-state index in [1.165, 1.54) is 12.3 Å². The number of carbonyl (C=O) groups excluding carboxylic acids is 1. The first-order chi connectivity index (χ1) is 2.89. The highest BCUT2D eigenvalue weighted by Gasteiger charge is 1.92. The molecule has 0 bridgehead atoms. The van der Waals surface area contributed by atoms with E-state index >= 15 is 0 Å². The molecule has 8 heavy (non-hydrogen) atoms. The first kappa shape index (κ1) is 10.0. The van der Waals surface area contributed by atoms with Crippen LogP contribution in [0.25, 0.3) is 0 Å². The Labute approximate surface area is 45.3 Å². The maximum absolute atomic E-state index is 9.90. The summed E-state index contributed by atoms with van der Waals surface area (Å²) >= 11 is 0. The van der Waals surface area contributed by atoms with Crippen molar-refractivity contribution >= 4 is 5.91 Å². The number of rotatable bonds is 0. The summed E-state index contributed by atoms with van der Waals surface area (Å²) in [6.45, 7) is 0. The molecule has 0 fully saturated rings. The van der Waals surface area contributed by atoms with Crippen molar-refractivity contribution in [1.29, 1.82) is 0 Å². The molecule has 1 aliphatic rings. The van der Waals surface area contributed by atoms with Gasteiger partial charge in [0, 0.05) is 6.08 Å². The Kier molecular flexibility index (Phi) is 5.14. The Morgan fingerprint density at radius 3 is 2.12 bits per heavy atom. The number of azo groups is 1. The molecular weight excluding hydrogens is 112 g/mol. The molecule has 0 aromatic rings. The highest BCUT2D eigenvalue weighted by Crippen LogP contribution is 1.90. The van der Waals surface area contributed by atoms with Gasteiger partial charge in [-0.05, 0) is 0 Å². The van der Waals surface area contributed by atoms with Crippen LogP contribution in [0.5, 0.6) is 0 Å². The molecule has 0 saturated heterocycles. The molecule has 1 rings (SSSR count). The standard InChI is InChI=1S/C3H2N2O.2H2O/c6-3-1-2-4-5-3;;/h1-2H;2*1H2. The lowest BCUT2D eigenvalue weighted by molar-refractivity contribution is -0.113. The Morgan fingerprint density at radius 2 is 2.00 bits per heavy atom. The number of hydrogen-bond donors (Lipinski definition) is 0. The molecular formula is C3H6N2O3. The van der Waals surface area contributed by atoms with E-state index in [-0.39, 0.29) is 16.9 Å².